The van der Waals surface area contributed by atoms with E-state index in [-0.39, 0.29) is 17.1 Å². The summed E-state index contributed by atoms with van der Waals surface area (Å²) in [5.41, 5.74) is -0.460. The third-order valence-electron chi connectivity index (χ3n) is 6.16. The molecule has 0 aromatic rings. The fourth-order valence-corrected chi connectivity index (χ4v) is 4.39. The Kier molecular flexibility index (Phi) is 13.7. The van der Waals surface area contributed by atoms with E-state index in [1.807, 2.05) is 20.8 Å². The molecule has 0 fully saturated rings. The topological polar surface area (TPSA) is 35.5 Å². The monoisotopic (exact) mass is 428 g/mol. The summed E-state index contributed by atoms with van der Waals surface area (Å²) < 4.78 is 12.2. The van der Waals surface area contributed by atoms with E-state index >= 15 is 0 Å². The average molecular weight is 429 g/mol. The van der Waals surface area contributed by atoms with Gasteiger partial charge in [0, 0.05) is 0 Å². The van der Waals surface area contributed by atoms with Gasteiger partial charge in [0.1, 0.15) is 6.61 Å². The van der Waals surface area contributed by atoms with Crippen molar-refractivity contribution >= 4 is 14.3 Å². The van der Waals surface area contributed by atoms with Gasteiger partial charge in [0.2, 0.25) is 0 Å². The van der Waals surface area contributed by atoms with Crippen molar-refractivity contribution in [3.05, 3.63) is 0 Å². The van der Waals surface area contributed by atoms with Crippen molar-refractivity contribution < 1.29 is 14.0 Å². The van der Waals surface area contributed by atoms with Gasteiger partial charge in [-0.1, -0.05) is 91.9 Å². The number of carbonyl (C=O) groups excluding carboxylic acids is 1. The number of carbonyl (C=O) groups is 1. The molecule has 0 aliphatic carbocycles. The van der Waals surface area contributed by atoms with Gasteiger partial charge >= 0.3 is 5.97 Å². The van der Waals surface area contributed by atoms with E-state index in [4.69, 9.17) is 9.16 Å². The van der Waals surface area contributed by atoms with Crippen LogP contribution in [0.4, 0.5) is 0 Å². The summed E-state index contributed by atoms with van der Waals surface area (Å²) in [5, 5.41) is 0.164. The molecule has 0 saturated carbocycles. The lowest BCUT2D eigenvalue weighted by Gasteiger charge is -2.39. The number of ether oxygens (including phenoxy) is 1. The minimum absolute atomic E-state index is 0.0243. The minimum Gasteiger partial charge on any atom is -0.463 e. The fraction of sp³-hybridized carbons (Fsp3) is 0.960. The van der Waals surface area contributed by atoms with Crippen LogP contribution >= 0.6 is 0 Å². The Balaban J connectivity index is 4.37. The van der Waals surface area contributed by atoms with Crippen LogP contribution in [0.5, 0.6) is 0 Å². The molecule has 0 saturated heterocycles. The Morgan fingerprint density at radius 2 is 1.24 bits per heavy atom. The Morgan fingerprint density at radius 3 is 1.66 bits per heavy atom. The predicted octanol–water partition coefficient (Wildman–Crippen LogP) is 8.28. The van der Waals surface area contributed by atoms with Crippen molar-refractivity contribution in [1.82, 2.24) is 0 Å². The number of esters is 1. The van der Waals surface area contributed by atoms with Crippen molar-refractivity contribution in [3.8, 4) is 0 Å². The molecule has 0 aromatic carbocycles. The quantitative estimate of drug-likeness (QED) is 0.149. The van der Waals surface area contributed by atoms with Crippen LogP contribution in [-0.4, -0.2) is 27.0 Å². The summed E-state index contributed by atoms with van der Waals surface area (Å²) in [6.07, 6.45) is 14.3. The average Bonchev–Trinajstić information content (AvgIpc) is 2.58. The molecule has 0 spiro atoms. The van der Waals surface area contributed by atoms with E-state index in [0.29, 0.717) is 6.61 Å². The Bertz CT molecular complexity index is 432. The van der Waals surface area contributed by atoms with Gasteiger partial charge in [-0.05, 0) is 45.3 Å². The van der Waals surface area contributed by atoms with Gasteiger partial charge in [-0.25, -0.2) is 0 Å². The van der Waals surface area contributed by atoms with E-state index in [2.05, 4.69) is 40.8 Å². The zero-order valence-electron chi connectivity index (χ0n) is 21.3. The van der Waals surface area contributed by atoms with Crippen molar-refractivity contribution in [3.63, 3.8) is 0 Å². The molecular weight excluding hydrogens is 376 g/mol. The van der Waals surface area contributed by atoms with E-state index in [0.717, 1.165) is 12.8 Å². The van der Waals surface area contributed by atoms with Gasteiger partial charge in [0.05, 0.1) is 11.5 Å². The van der Waals surface area contributed by atoms with Crippen molar-refractivity contribution in [2.24, 2.45) is 5.41 Å². The summed E-state index contributed by atoms with van der Waals surface area (Å²) in [7, 11) is -1.87. The second-order valence-corrected chi connectivity index (χ2v) is 16.1. The molecule has 0 aliphatic rings. The first-order valence-electron chi connectivity index (χ1n) is 12.2. The maximum atomic E-state index is 12.2. The molecule has 0 amide bonds. The molecule has 3 nitrogen and oxygen atoms in total. The number of hydrogen-bond acceptors (Lipinski definition) is 3. The van der Waals surface area contributed by atoms with Crippen molar-refractivity contribution in [1.29, 1.82) is 0 Å². The highest BCUT2D eigenvalue weighted by atomic mass is 28.4. The zero-order chi connectivity index (χ0) is 22.6. The van der Waals surface area contributed by atoms with Crippen LogP contribution in [0, 0.1) is 5.41 Å². The molecule has 0 heterocycles. The van der Waals surface area contributed by atoms with Crippen LogP contribution in [0.1, 0.15) is 119 Å². The highest BCUT2D eigenvalue weighted by molar-refractivity contribution is 6.74. The van der Waals surface area contributed by atoms with Gasteiger partial charge in [-0.15, -0.1) is 0 Å². The van der Waals surface area contributed by atoms with Crippen LogP contribution < -0.4 is 0 Å². The molecule has 0 rings (SSSR count). The first kappa shape index (κ1) is 28.6. The second-order valence-electron chi connectivity index (χ2n) is 11.3. The second kappa shape index (κ2) is 13.9. The maximum absolute atomic E-state index is 12.2. The number of unbranched alkanes of at least 4 members (excludes halogenated alkanes) is 9. The van der Waals surface area contributed by atoms with Gasteiger partial charge in [0.25, 0.3) is 0 Å². The third-order valence-corrected chi connectivity index (χ3v) is 10.7. The molecule has 0 bridgehead atoms. The lowest BCUT2D eigenvalue weighted by atomic mass is 9.97. The lowest BCUT2D eigenvalue weighted by molar-refractivity contribution is -0.155. The predicted molar refractivity (Wildman–Crippen MR) is 129 cm³/mol. The Morgan fingerprint density at radius 1 is 0.793 bits per heavy atom. The Hall–Kier alpha value is -0.353. The Labute approximate surface area is 183 Å². The smallest absolute Gasteiger partial charge is 0.311 e. The summed E-state index contributed by atoms with van der Waals surface area (Å²) in [5.74, 6) is -0.135. The fourth-order valence-electron chi connectivity index (χ4n) is 3.01. The molecule has 1 unspecified atom stereocenters. The van der Waals surface area contributed by atoms with Crippen molar-refractivity contribution in [2.45, 2.75) is 143 Å². The number of hydrogen-bond donors (Lipinski definition) is 0. The van der Waals surface area contributed by atoms with E-state index in [9.17, 15) is 4.79 Å². The summed E-state index contributed by atoms with van der Waals surface area (Å²) >= 11 is 0. The molecule has 29 heavy (non-hydrogen) atoms. The largest absolute Gasteiger partial charge is 0.463 e. The summed E-state index contributed by atoms with van der Waals surface area (Å²) in [4.78, 5) is 12.2. The molecule has 0 N–H and O–H groups in total. The molecule has 174 valence electrons. The van der Waals surface area contributed by atoms with Gasteiger partial charge in [-0.2, -0.15) is 0 Å². The highest BCUT2D eigenvalue weighted by Crippen LogP contribution is 2.38. The number of rotatable bonds is 15. The normalized spacial score (nSPS) is 14.1. The highest BCUT2D eigenvalue weighted by Gasteiger charge is 2.39. The van der Waals surface area contributed by atoms with Crippen LogP contribution in [0.15, 0.2) is 0 Å². The van der Waals surface area contributed by atoms with Crippen LogP contribution in [0.2, 0.25) is 18.1 Å². The van der Waals surface area contributed by atoms with Gasteiger partial charge in [-0.3, -0.25) is 4.79 Å². The van der Waals surface area contributed by atoms with Crippen LogP contribution in [0.25, 0.3) is 0 Å². The SMILES string of the molecule is CCCCCCCCCCCCC(COC(=O)C(C)(C)C)O[Si](C)(C)C(C)(C)C. The van der Waals surface area contributed by atoms with Crippen LogP contribution in [-0.2, 0) is 14.0 Å². The van der Waals surface area contributed by atoms with E-state index in [1.54, 1.807) is 0 Å². The maximum Gasteiger partial charge on any atom is 0.311 e. The molecule has 4 heteroatoms. The minimum atomic E-state index is -1.87. The standard InChI is InChI=1S/C25H52O3Si/c1-10-11-12-13-14-15-16-17-18-19-20-22(21-27-23(26)24(2,3)4)28-29(8,9)25(5,6)7/h22H,10-21H2,1-9H3. The summed E-state index contributed by atoms with van der Waals surface area (Å²) in [6, 6.07) is 0. The molecule has 0 aromatic heterocycles. The first-order valence-corrected chi connectivity index (χ1v) is 15.1. The third kappa shape index (κ3) is 13.5. The van der Waals surface area contributed by atoms with Gasteiger partial charge < -0.3 is 9.16 Å². The molecular formula is C25H52O3Si. The first-order chi connectivity index (χ1) is 13.3. The van der Waals surface area contributed by atoms with Crippen LogP contribution in [0.3, 0.4) is 0 Å². The zero-order valence-corrected chi connectivity index (χ0v) is 22.3. The summed E-state index contributed by atoms with van der Waals surface area (Å²) in [6.45, 7) is 19.7. The van der Waals surface area contributed by atoms with E-state index in [1.165, 1.54) is 57.8 Å². The lowest BCUT2D eigenvalue weighted by Crippen LogP contribution is -2.45. The molecule has 0 aliphatic heterocycles. The molecule has 0 radical (unpaired) electrons. The van der Waals surface area contributed by atoms with Crippen molar-refractivity contribution in [2.75, 3.05) is 6.61 Å². The van der Waals surface area contributed by atoms with Gasteiger partial charge in [0.15, 0.2) is 8.32 Å². The van der Waals surface area contributed by atoms with E-state index < -0.39 is 13.7 Å². The molecule has 1 atom stereocenters.